The van der Waals surface area contributed by atoms with Crippen LogP contribution in [0, 0.1) is 0 Å². The Bertz CT molecular complexity index is 433. The van der Waals surface area contributed by atoms with Gasteiger partial charge in [-0.2, -0.15) is 0 Å². The third-order valence-corrected chi connectivity index (χ3v) is 4.62. The van der Waals surface area contributed by atoms with Gasteiger partial charge in [-0.3, -0.25) is 9.80 Å². The van der Waals surface area contributed by atoms with Crippen LogP contribution in [-0.4, -0.2) is 60.9 Å². The smallest absolute Gasteiger partial charge is 0.123 e. The summed E-state index contributed by atoms with van der Waals surface area (Å²) >= 11 is 11.8. The van der Waals surface area contributed by atoms with E-state index in [1.807, 2.05) is 6.07 Å². The van der Waals surface area contributed by atoms with E-state index >= 15 is 0 Å². The van der Waals surface area contributed by atoms with Gasteiger partial charge in [-0.1, -0.05) is 24.6 Å². The van der Waals surface area contributed by atoms with Gasteiger partial charge in [0.1, 0.15) is 12.4 Å². The highest BCUT2D eigenvalue weighted by Crippen LogP contribution is 2.20. The van der Waals surface area contributed by atoms with Crippen molar-refractivity contribution >= 4 is 23.2 Å². The van der Waals surface area contributed by atoms with Crippen LogP contribution in [0.15, 0.2) is 24.3 Å². The molecule has 1 aliphatic heterocycles. The first-order valence-corrected chi connectivity index (χ1v) is 9.67. The van der Waals surface area contributed by atoms with Gasteiger partial charge in [-0.15, -0.1) is 23.2 Å². The highest BCUT2D eigenvalue weighted by molar-refractivity contribution is 6.18. The number of benzene rings is 1. The fraction of sp³-hybridized carbons (Fsp3) is 0.667. The molecule has 1 aromatic carbocycles. The predicted molar refractivity (Wildman–Crippen MR) is 98.9 cm³/mol. The Morgan fingerprint density at radius 1 is 1.00 bits per heavy atom. The molecule has 1 aromatic rings. The van der Waals surface area contributed by atoms with Crippen molar-refractivity contribution in [3.05, 3.63) is 29.8 Å². The van der Waals surface area contributed by atoms with Gasteiger partial charge in [-0.25, -0.2) is 0 Å². The number of likely N-dealkylation sites (tertiary alicyclic amines) is 1. The summed E-state index contributed by atoms with van der Waals surface area (Å²) in [6.07, 6.45) is 4.02. The van der Waals surface area contributed by atoms with E-state index in [1.54, 1.807) is 0 Å². The molecular formula is C18H28Cl2N2O. The Kier molecular flexibility index (Phi) is 9.13. The van der Waals surface area contributed by atoms with Gasteiger partial charge in [-0.05, 0) is 32.0 Å². The molecule has 0 amide bonds. The van der Waals surface area contributed by atoms with E-state index in [-0.39, 0.29) is 0 Å². The van der Waals surface area contributed by atoms with Gasteiger partial charge < -0.3 is 4.74 Å². The zero-order valence-electron chi connectivity index (χ0n) is 13.9. The molecular weight excluding hydrogens is 331 g/mol. The number of hydrogen-bond acceptors (Lipinski definition) is 3. The monoisotopic (exact) mass is 358 g/mol. The molecule has 0 radical (unpaired) electrons. The first-order chi connectivity index (χ1) is 11.3. The topological polar surface area (TPSA) is 15.7 Å². The number of nitrogens with zero attached hydrogens (tertiary/aromatic N) is 2. The number of alkyl halides is 2. The zero-order chi connectivity index (χ0) is 16.3. The van der Waals surface area contributed by atoms with Crippen LogP contribution in [0.1, 0.15) is 24.8 Å². The largest absolute Gasteiger partial charge is 0.492 e. The second-order valence-electron chi connectivity index (χ2n) is 6.01. The SMILES string of the molecule is ClCCN(CCCl)Cc1ccccc1OCCN1CCCCC1. The summed E-state index contributed by atoms with van der Waals surface area (Å²) in [6, 6.07) is 8.29. The number of rotatable bonds is 10. The summed E-state index contributed by atoms with van der Waals surface area (Å²) in [4.78, 5) is 4.77. The number of para-hydroxylation sites is 1. The fourth-order valence-electron chi connectivity index (χ4n) is 2.99. The fourth-order valence-corrected chi connectivity index (χ4v) is 3.47. The van der Waals surface area contributed by atoms with Crippen LogP contribution in [0.4, 0.5) is 0 Å². The number of halogens is 2. The summed E-state index contributed by atoms with van der Waals surface area (Å²) < 4.78 is 6.06. The van der Waals surface area contributed by atoms with E-state index in [0.29, 0.717) is 11.8 Å². The quantitative estimate of drug-likeness (QED) is 0.591. The number of piperidine rings is 1. The Balaban J connectivity index is 1.85. The van der Waals surface area contributed by atoms with Crippen molar-refractivity contribution in [1.29, 1.82) is 0 Å². The normalized spacial score (nSPS) is 16.0. The lowest BCUT2D eigenvalue weighted by molar-refractivity contribution is 0.181. The van der Waals surface area contributed by atoms with E-state index in [0.717, 1.165) is 38.5 Å². The van der Waals surface area contributed by atoms with E-state index in [1.165, 1.54) is 37.9 Å². The summed E-state index contributed by atoms with van der Waals surface area (Å²) in [6.45, 7) is 6.71. The van der Waals surface area contributed by atoms with Crippen molar-refractivity contribution in [2.45, 2.75) is 25.8 Å². The highest BCUT2D eigenvalue weighted by atomic mass is 35.5. The maximum atomic E-state index is 6.06. The lowest BCUT2D eigenvalue weighted by Gasteiger charge is -2.26. The average molecular weight is 359 g/mol. The Morgan fingerprint density at radius 3 is 2.39 bits per heavy atom. The summed E-state index contributed by atoms with van der Waals surface area (Å²) in [5.74, 6) is 2.22. The second-order valence-corrected chi connectivity index (χ2v) is 6.77. The summed E-state index contributed by atoms with van der Waals surface area (Å²) in [5.41, 5.74) is 1.21. The molecule has 0 unspecified atom stereocenters. The second kappa shape index (κ2) is 11.1. The van der Waals surface area contributed by atoms with Crippen molar-refractivity contribution in [1.82, 2.24) is 9.80 Å². The molecule has 0 N–H and O–H groups in total. The first kappa shape index (κ1) is 18.9. The predicted octanol–water partition coefficient (Wildman–Crippen LogP) is 3.83. The Hall–Kier alpha value is -0.480. The maximum Gasteiger partial charge on any atom is 0.123 e. The van der Waals surface area contributed by atoms with Crippen LogP contribution in [0.5, 0.6) is 5.75 Å². The molecule has 0 saturated carbocycles. The van der Waals surface area contributed by atoms with Crippen molar-refractivity contribution in [3.63, 3.8) is 0 Å². The highest BCUT2D eigenvalue weighted by Gasteiger charge is 2.12. The van der Waals surface area contributed by atoms with E-state index in [2.05, 4.69) is 28.0 Å². The lowest BCUT2D eigenvalue weighted by atomic mass is 10.1. The van der Waals surface area contributed by atoms with Crippen LogP contribution in [0.2, 0.25) is 0 Å². The van der Waals surface area contributed by atoms with Crippen molar-refractivity contribution < 1.29 is 4.74 Å². The number of ether oxygens (including phenoxy) is 1. The minimum absolute atomic E-state index is 0.620. The van der Waals surface area contributed by atoms with Gasteiger partial charge in [0.15, 0.2) is 0 Å². The molecule has 23 heavy (non-hydrogen) atoms. The third kappa shape index (κ3) is 6.88. The molecule has 1 saturated heterocycles. The molecule has 0 atom stereocenters. The van der Waals surface area contributed by atoms with Crippen LogP contribution < -0.4 is 4.74 Å². The minimum atomic E-state index is 0.620. The average Bonchev–Trinajstić information content (AvgIpc) is 2.58. The van der Waals surface area contributed by atoms with Gasteiger partial charge in [0.05, 0.1) is 0 Å². The van der Waals surface area contributed by atoms with E-state index < -0.39 is 0 Å². The molecule has 0 spiro atoms. The molecule has 1 fully saturated rings. The maximum absolute atomic E-state index is 6.06. The molecule has 2 rings (SSSR count). The van der Waals surface area contributed by atoms with Crippen LogP contribution in [0.25, 0.3) is 0 Å². The van der Waals surface area contributed by atoms with Crippen LogP contribution >= 0.6 is 23.2 Å². The standard InChI is InChI=1S/C18H28Cl2N2O/c19-8-12-22(13-9-20)16-17-6-2-3-7-18(17)23-15-14-21-10-4-1-5-11-21/h2-3,6-7H,1,4-5,8-16H2. The van der Waals surface area contributed by atoms with Crippen molar-refractivity contribution in [2.24, 2.45) is 0 Å². The van der Waals surface area contributed by atoms with Gasteiger partial charge in [0.2, 0.25) is 0 Å². The van der Waals surface area contributed by atoms with Gasteiger partial charge in [0, 0.05) is 43.5 Å². The Morgan fingerprint density at radius 2 is 1.70 bits per heavy atom. The molecule has 130 valence electrons. The third-order valence-electron chi connectivity index (χ3n) is 4.28. The molecule has 1 heterocycles. The summed E-state index contributed by atoms with van der Waals surface area (Å²) in [5, 5.41) is 0. The molecule has 0 bridgehead atoms. The molecule has 3 nitrogen and oxygen atoms in total. The lowest BCUT2D eigenvalue weighted by Crippen LogP contribution is -2.33. The summed E-state index contributed by atoms with van der Waals surface area (Å²) in [7, 11) is 0. The molecule has 5 heteroatoms. The van der Waals surface area contributed by atoms with Crippen molar-refractivity contribution in [2.75, 3.05) is 51.1 Å². The van der Waals surface area contributed by atoms with Gasteiger partial charge >= 0.3 is 0 Å². The van der Waals surface area contributed by atoms with Crippen molar-refractivity contribution in [3.8, 4) is 5.75 Å². The Labute approximate surface area is 150 Å². The van der Waals surface area contributed by atoms with E-state index in [9.17, 15) is 0 Å². The van der Waals surface area contributed by atoms with E-state index in [4.69, 9.17) is 27.9 Å². The van der Waals surface area contributed by atoms with Crippen LogP contribution in [-0.2, 0) is 6.54 Å². The molecule has 0 aliphatic carbocycles. The first-order valence-electron chi connectivity index (χ1n) is 8.61. The minimum Gasteiger partial charge on any atom is -0.492 e. The van der Waals surface area contributed by atoms with Crippen LogP contribution in [0.3, 0.4) is 0 Å². The molecule has 1 aliphatic rings. The molecule has 0 aromatic heterocycles. The zero-order valence-corrected chi connectivity index (χ0v) is 15.4. The number of hydrogen-bond donors (Lipinski definition) is 0. The van der Waals surface area contributed by atoms with Gasteiger partial charge in [0.25, 0.3) is 0 Å².